The summed E-state index contributed by atoms with van der Waals surface area (Å²) >= 11 is 7.47. The Balaban J connectivity index is 1.68. The number of amides is 1. The van der Waals surface area contributed by atoms with Crippen molar-refractivity contribution < 1.29 is 13.9 Å². The Labute approximate surface area is 165 Å². The maximum absolute atomic E-state index is 13.4. The van der Waals surface area contributed by atoms with Crippen molar-refractivity contribution in [1.29, 1.82) is 0 Å². The first-order valence-electron chi connectivity index (χ1n) is 8.46. The van der Waals surface area contributed by atoms with Gasteiger partial charge in [0, 0.05) is 6.04 Å². The molecule has 2 fully saturated rings. The molecule has 4 rings (SSSR count). The first-order chi connectivity index (χ1) is 13.0. The number of benzene rings is 2. The molecule has 1 aliphatic heterocycles. The number of halogens is 2. The molecular formula is C20H16ClFN2O2S. The number of rotatable bonds is 4. The van der Waals surface area contributed by atoms with E-state index in [0.29, 0.717) is 32.1 Å². The van der Waals surface area contributed by atoms with Gasteiger partial charge in [-0.1, -0.05) is 23.7 Å². The smallest absolute Gasteiger partial charge is 0.267 e. The lowest BCUT2D eigenvalue weighted by molar-refractivity contribution is -0.122. The molecule has 2 aliphatic rings. The second-order valence-corrected chi connectivity index (χ2v) is 7.70. The summed E-state index contributed by atoms with van der Waals surface area (Å²) in [4.78, 5) is 19.8. The fourth-order valence-electron chi connectivity index (χ4n) is 2.80. The van der Waals surface area contributed by atoms with Crippen molar-refractivity contribution in [2.24, 2.45) is 4.99 Å². The van der Waals surface area contributed by atoms with Crippen molar-refractivity contribution in [3.63, 3.8) is 0 Å². The number of thioether (sulfide) groups is 1. The van der Waals surface area contributed by atoms with Gasteiger partial charge in [-0.2, -0.15) is 0 Å². The van der Waals surface area contributed by atoms with Gasteiger partial charge >= 0.3 is 0 Å². The monoisotopic (exact) mass is 402 g/mol. The standard InChI is InChI=1S/C20H16ClFN2O2S/c1-26-17-8-5-14(11-16(17)21)23-20-24(15-6-7-15)19(25)18(27-20)10-12-3-2-4-13(22)9-12/h2-5,8-11,15H,6-7H2,1H3/b18-10+,23-20?. The summed E-state index contributed by atoms with van der Waals surface area (Å²) in [6, 6.07) is 11.6. The molecule has 1 heterocycles. The minimum absolute atomic E-state index is 0.0925. The highest BCUT2D eigenvalue weighted by Crippen LogP contribution is 2.41. The topological polar surface area (TPSA) is 41.9 Å². The van der Waals surface area contributed by atoms with Crippen molar-refractivity contribution in [1.82, 2.24) is 4.90 Å². The number of carbonyl (C=O) groups is 1. The third-order valence-electron chi connectivity index (χ3n) is 4.26. The van der Waals surface area contributed by atoms with E-state index in [4.69, 9.17) is 16.3 Å². The maximum atomic E-state index is 13.4. The van der Waals surface area contributed by atoms with Crippen LogP contribution >= 0.6 is 23.4 Å². The third kappa shape index (κ3) is 3.87. The summed E-state index contributed by atoms with van der Waals surface area (Å²) < 4.78 is 18.6. The zero-order valence-corrected chi connectivity index (χ0v) is 16.1. The molecule has 0 N–H and O–H groups in total. The summed E-state index contributed by atoms with van der Waals surface area (Å²) in [7, 11) is 1.55. The van der Waals surface area contributed by atoms with Gasteiger partial charge in [-0.3, -0.25) is 9.69 Å². The predicted molar refractivity (Wildman–Crippen MR) is 107 cm³/mol. The second-order valence-electron chi connectivity index (χ2n) is 6.29. The average molecular weight is 403 g/mol. The molecule has 0 bridgehead atoms. The van der Waals surface area contributed by atoms with Crippen LogP contribution in [0.1, 0.15) is 18.4 Å². The zero-order valence-electron chi connectivity index (χ0n) is 14.5. The van der Waals surface area contributed by atoms with E-state index >= 15 is 0 Å². The van der Waals surface area contributed by atoms with Gasteiger partial charge in [-0.15, -0.1) is 0 Å². The van der Waals surface area contributed by atoms with E-state index in [2.05, 4.69) is 4.99 Å². The van der Waals surface area contributed by atoms with Crippen LogP contribution in [0.3, 0.4) is 0 Å². The third-order valence-corrected chi connectivity index (χ3v) is 5.53. The molecule has 1 saturated heterocycles. The maximum Gasteiger partial charge on any atom is 0.267 e. The summed E-state index contributed by atoms with van der Waals surface area (Å²) in [5.74, 6) is 0.146. The Hall–Kier alpha value is -2.31. The van der Waals surface area contributed by atoms with Gasteiger partial charge in [0.15, 0.2) is 5.17 Å². The van der Waals surface area contributed by atoms with Crippen LogP contribution in [0.2, 0.25) is 5.02 Å². The van der Waals surface area contributed by atoms with Crippen LogP contribution in [-0.4, -0.2) is 29.1 Å². The number of nitrogens with zero attached hydrogens (tertiary/aromatic N) is 2. The van der Waals surface area contributed by atoms with Crippen molar-refractivity contribution in [2.45, 2.75) is 18.9 Å². The lowest BCUT2D eigenvalue weighted by Crippen LogP contribution is -2.31. The Kier molecular flexibility index (Phi) is 4.93. The molecule has 0 radical (unpaired) electrons. The average Bonchev–Trinajstić information content (AvgIpc) is 3.42. The Bertz CT molecular complexity index is 972. The van der Waals surface area contributed by atoms with Crippen LogP contribution in [0, 0.1) is 5.82 Å². The second kappa shape index (κ2) is 7.37. The van der Waals surface area contributed by atoms with Crippen LogP contribution in [-0.2, 0) is 4.79 Å². The molecular weight excluding hydrogens is 387 g/mol. The van der Waals surface area contributed by atoms with Gasteiger partial charge in [0.05, 0.1) is 22.7 Å². The van der Waals surface area contributed by atoms with E-state index in [1.54, 1.807) is 48.4 Å². The van der Waals surface area contributed by atoms with Crippen molar-refractivity contribution in [3.8, 4) is 5.75 Å². The van der Waals surface area contributed by atoms with Crippen LogP contribution in [0.4, 0.5) is 10.1 Å². The summed E-state index contributed by atoms with van der Waals surface area (Å²) in [5.41, 5.74) is 1.30. The van der Waals surface area contributed by atoms with Crippen LogP contribution in [0.25, 0.3) is 6.08 Å². The highest BCUT2D eigenvalue weighted by atomic mass is 35.5. The molecule has 4 nitrogen and oxygen atoms in total. The fraction of sp³-hybridized carbons (Fsp3) is 0.200. The van der Waals surface area contributed by atoms with E-state index in [9.17, 15) is 9.18 Å². The first-order valence-corrected chi connectivity index (χ1v) is 9.65. The van der Waals surface area contributed by atoms with Gasteiger partial charge in [0.2, 0.25) is 0 Å². The summed E-state index contributed by atoms with van der Waals surface area (Å²) in [5, 5.41) is 1.08. The molecule has 1 aliphatic carbocycles. The van der Waals surface area contributed by atoms with Crippen molar-refractivity contribution in [2.75, 3.05) is 7.11 Å². The van der Waals surface area contributed by atoms with Crippen LogP contribution in [0.15, 0.2) is 52.4 Å². The molecule has 27 heavy (non-hydrogen) atoms. The molecule has 1 saturated carbocycles. The van der Waals surface area contributed by atoms with Gasteiger partial charge in [0.1, 0.15) is 11.6 Å². The molecule has 138 valence electrons. The number of ether oxygens (including phenoxy) is 1. The van der Waals surface area contributed by atoms with Crippen molar-refractivity contribution in [3.05, 3.63) is 63.8 Å². The van der Waals surface area contributed by atoms with Gasteiger partial charge in [-0.05, 0) is 66.6 Å². The minimum atomic E-state index is -0.333. The highest BCUT2D eigenvalue weighted by molar-refractivity contribution is 8.18. The number of carbonyl (C=O) groups excluding carboxylic acids is 1. The molecule has 2 aromatic rings. The van der Waals surface area contributed by atoms with Crippen molar-refractivity contribution >= 4 is 46.2 Å². The molecule has 0 atom stereocenters. The van der Waals surface area contributed by atoms with E-state index in [1.165, 1.54) is 23.9 Å². The number of aliphatic imine (C=N–C) groups is 1. The zero-order chi connectivity index (χ0) is 19.0. The van der Waals surface area contributed by atoms with E-state index in [1.807, 2.05) is 0 Å². The number of hydrogen-bond acceptors (Lipinski definition) is 4. The first kappa shape index (κ1) is 18.1. The van der Waals surface area contributed by atoms with E-state index < -0.39 is 0 Å². The summed E-state index contributed by atoms with van der Waals surface area (Å²) in [6.07, 6.45) is 3.62. The Morgan fingerprint density at radius 1 is 1.30 bits per heavy atom. The molecule has 0 aromatic heterocycles. The Morgan fingerprint density at radius 3 is 2.78 bits per heavy atom. The molecule has 0 spiro atoms. The van der Waals surface area contributed by atoms with Gasteiger partial charge in [-0.25, -0.2) is 9.38 Å². The SMILES string of the molecule is COc1ccc(N=C2S/C(=C/c3cccc(F)c3)C(=O)N2C2CC2)cc1Cl. The van der Waals surface area contributed by atoms with E-state index in [0.717, 1.165) is 12.8 Å². The lowest BCUT2D eigenvalue weighted by Gasteiger charge is -2.14. The minimum Gasteiger partial charge on any atom is -0.495 e. The number of methoxy groups -OCH3 is 1. The quantitative estimate of drug-likeness (QED) is 0.655. The summed E-state index contributed by atoms with van der Waals surface area (Å²) in [6.45, 7) is 0. The number of hydrogen-bond donors (Lipinski definition) is 0. The van der Waals surface area contributed by atoms with E-state index in [-0.39, 0.29) is 17.8 Å². The normalized spacial score (nSPS) is 20.0. The molecule has 0 unspecified atom stereocenters. The molecule has 1 amide bonds. The lowest BCUT2D eigenvalue weighted by atomic mass is 10.2. The van der Waals surface area contributed by atoms with Gasteiger partial charge in [0.25, 0.3) is 5.91 Å². The van der Waals surface area contributed by atoms with Gasteiger partial charge < -0.3 is 4.74 Å². The van der Waals surface area contributed by atoms with Crippen LogP contribution < -0.4 is 4.74 Å². The highest BCUT2D eigenvalue weighted by Gasteiger charge is 2.42. The largest absolute Gasteiger partial charge is 0.495 e. The Morgan fingerprint density at radius 2 is 2.11 bits per heavy atom. The molecule has 2 aromatic carbocycles. The molecule has 7 heteroatoms. The number of amidine groups is 1. The predicted octanol–water partition coefficient (Wildman–Crippen LogP) is 5.25. The van der Waals surface area contributed by atoms with Crippen LogP contribution in [0.5, 0.6) is 5.75 Å². The fourth-order valence-corrected chi connectivity index (χ4v) is 4.11.